The van der Waals surface area contributed by atoms with Crippen molar-refractivity contribution in [3.8, 4) is 0 Å². The average molecular weight is 326 g/mol. The average Bonchev–Trinajstić information content (AvgIpc) is 3.29. The molecule has 2 aromatic heterocycles. The zero-order valence-corrected chi connectivity index (χ0v) is 13.9. The molecular weight excluding hydrogens is 304 g/mol. The second-order valence-corrected chi connectivity index (χ2v) is 6.75. The highest BCUT2D eigenvalue weighted by molar-refractivity contribution is 5.93. The Labute approximate surface area is 141 Å². The van der Waals surface area contributed by atoms with E-state index < -0.39 is 0 Å². The maximum Gasteiger partial charge on any atom is 0.254 e. The zero-order valence-electron chi connectivity index (χ0n) is 13.9. The summed E-state index contributed by atoms with van der Waals surface area (Å²) in [5.41, 5.74) is 1.62. The number of anilines is 1. The van der Waals surface area contributed by atoms with Gasteiger partial charge in [0.2, 0.25) is 0 Å². The topological polar surface area (TPSA) is 71.3 Å². The number of nitrogens with one attached hydrogen (secondary N) is 1. The number of furan rings is 1. The zero-order chi connectivity index (χ0) is 16.5. The first-order valence-electron chi connectivity index (χ1n) is 8.62. The van der Waals surface area contributed by atoms with Crippen LogP contribution in [-0.2, 0) is 0 Å². The number of rotatable bonds is 4. The van der Waals surface area contributed by atoms with Crippen LogP contribution in [0.2, 0.25) is 0 Å². The third-order valence-electron chi connectivity index (χ3n) is 4.74. The summed E-state index contributed by atoms with van der Waals surface area (Å²) in [6, 6.07) is 3.96. The molecule has 126 valence electrons. The number of hydrogen-bond acceptors (Lipinski definition) is 5. The van der Waals surface area contributed by atoms with Crippen LogP contribution in [0.4, 0.5) is 5.82 Å². The molecule has 2 aliphatic rings. The minimum atomic E-state index is -0.0592. The maximum absolute atomic E-state index is 12.1. The lowest BCUT2D eigenvalue weighted by Gasteiger charge is -2.33. The van der Waals surface area contributed by atoms with Gasteiger partial charge in [-0.25, -0.2) is 9.97 Å². The second-order valence-electron chi connectivity index (χ2n) is 6.75. The van der Waals surface area contributed by atoms with E-state index in [1.54, 1.807) is 6.07 Å². The number of carbonyl (C=O) groups is 1. The number of amides is 1. The van der Waals surface area contributed by atoms with Crippen LogP contribution in [0.3, 0.4) is 0 Å². The van der Waals surface area contributed by atoms with Crippen molar-refractivity contribution < 1.29 is 9.21 Å². The van der Waals surface area contributed by atoms with Crippen molar-refractivity contribution in [2.45, 2.75) is 44.6 Å². The van der Waals surface area contributed by atoms with E-state index in [0.717, 1.165) is 43.3 Å². The normalized spacial score (nSPS) is 18.6. The first kappa shape index (κ1) is 15.2. The molecule has 1 aliphatic heterocycles. The summed E-state index contributed by atoms with van der Waals surface area (Å²) in [4.78, 5) is 23.7. The van der Waals surface area contributed by atoms with Crippen molar-refractivity contribution >= 4 is 11.7 Å². The summed E-state index contributed by atoms with van der Waals surface area (Å²) in [6.45, 7) is 3.84. The fourth-order valence-electron chi connectivity index (χ4n) is 3.18. The number of carbonyl (C=O) groups excluding carboxylic acids is 1. The number of aromatic nitrogens is 2. The Balaban J connectivity index is 1.37. The van der Waals surface area contributed by atoms with E-state index in [1.165, 1.54) is 25.4 Å². The van der Waals surface area contributed by atoms with E-state index in [0.29, 0.717) is 11.5 Å². The van der Waals surface area contributed by atoms with Crippen molar-refractivity contribution in [2.24, 2.45) is 0 Å². The fourth-order valence-corrected chi connectivity index (χ4v) is 3.18. The monoisotopic (exact) mass is 326 g/mol. The smallest absolute Gasteiger partial charge is 0.254 e. The van der Waals surface area contributed by atoms with Gasteiger partial charge in [0, 0.05) is 36.8 Å². The van der Waals surface area contributed by atoms with Gasteiger partial charge >= 0.3 is 0 Å². The van der Waals surface area contributed by atoms with Crippen LogP contribution in [0.1, 0.15) is 53.5 Å². The van der Waals surface area contributed by atoms with E-state index in [4.69, 9.17) is 9.40 Å². The van der Waals surface area contributed by atoms with E-state index in [-0.39, 0.29) is 11.9 Å². The molecule has 24 heavy (non-hydrogen) atoms. The molecular formula is C18H22N4O2. The highest BCUT2D eigenvalue weighted by Crippen LogP contribution is 2.38. The van der Waals surface area contributed by atoms with Gasteiger partial charge < -0.3 is 14.6 Å². The van der Waals surface area contributed by atoms with Crippen molar-refractivity contribution in [1.82, 2.24) is 15.3 Å². The molecule has 2 aromatic rings. The molecule has 0 radical (unpaired) electrons. The number of piperidine rings is 1. The first-order chi connectivity index (χ1) is 11.7. The molecule has 0 unspecified atom stereocenters. The minimum Gasteiger partial charge on any atom is -0.472 e. The Bertz CT molecular complexity index is 717. The number of aryl methyl sites for hydroxylation is 1. The molecule has 6 heteroatoms. The van der Waals surface area contributed by atoms with Gasteiger partial charge in [-0.1, -0.05) is 0 Å². The Kier molecular flexibility index (Phi) is 3.96. The van der Waals surface area contributed by atoms with Crippen LogP contribution in [0, 0.1) is 6.92 Å². The molecule has 1 saturated heterocycles. The standard InChI is InChI=1S/C18H22N4O2/c1-12-10-16(21-17(19-12)13-2-3-13)22-7-4-15(5-8-22)20-18(23)14-6-9-24-11-14/h6,9-11,13,15H,2-5,7-8H2,1H3,(H,20,23). The lowest BCUT2D eigenvalue weighted by atomic mass is 10.0. The van der Waals surface area contributed by atoms with Crippen LogP contribution in [0.25, 0.3) is 0 Å². The Morgan fingerprint density at radius 1 is 1.25 bits per heavy atom. The van der Waals surface area contributed by atoms with Gasteiger partial charge in [-0.3, -0.25) is 4.79 Å². The first-order valence-corrected chi connectivity index (χ1v) is 8.62. The third kappa shape index (κ3) is 3.27. The molecule has 2 fully saturated rings. The molecule has 1 aliphatic carbocycles. The quantitative estimate of drug-likeness (QED) is 0.935. The lowest BCUT2D eigenvalue weighted by molar-refractivity contribution is 0.0930. The van der Waals surface area contributed by atoms with E-state index in [1.807, 2.05) is 6.92 Å². The van der Waals surface area contributed by atoms with Crippen LogP contribution in [0.15, 0.2) is 29.1 Å². The van der Waals surface area contributed by atoms with Crippen LogP contribution < -0.4 is 10.2 Å². The Hall–Kier alpha value is -2.37. The van der Waals surface area contributed by atoms with Gasteiger partial charge in [-0.15, -0.1) is 0 Å². The molecule has 1 saturated carbocycles. The van der Waals surface area contributed by atoms with Crippen molar-refractivity contribution in [1.29, 1.82) is 0 Å². The summed E-state index contributed by atoms with van der Waals surface area (Å²) >= 11 is 0. The highest BCUT2D eigenvalue weighted by atomic mass is 16.3. The number of hydrogen-bond donors (Lipinski definition) is 1. The van der Waals surface area contributed by atoms with Gasteiger partial charge in [0.05, 0.1) is 11.8 Å². The highest BCUT2D eigenvalue weighted by Gasteiger charge is 2.28. The lowest BCUT2D eigenvalue weighted by Crippen LogP contribution is -2.45. The van der Waals surface area contributed by atoms with Gasteiger partial charge in [0.1, 0.15) is 17.9 Å². The van der Waals surface area contributed by atoms with Crippen molar-refractivity contribution in [3.05, 3.63) is 41.7 Å². The molecule has 1 N–H and O–H groups in total. The molecule has 3 heterocycles. The molecule has 6 nitrogen and oxygen atoms in total. The summed E-state index contributed by atoms with van der Waals surface area (Å²) in [5.74, 6) is 2.54. The molecule has 1 amide bonds. The number of nitrogens with zero attached hydrogens (tertiary/aromatic N) is 3. The largest absolute Gasteiger partial charge is 0.472 e. The van der Waals surface area contributed by atoms with Crippen LogP contribution >= 0.6 is 0 Å². The Morgan fingerprint density at radius 3 is 2.71 bits per heavy atom. The fraction of sp³-hybridized carbons (Fsp3) is 0.500. The van der Waals surface area contributed by atoms with E-state index in [2.05, 4.69) is 21.3 Å². The van der Waals surface area contributed by atoms with E-state index in [9.17, 15) is 4.79 Å². The Morgan fingerprint density at radius 2 is 2.04 bits per heavy atom. The van der Waals surface area contributed by atoms with E-state index >= 15 is 0 Å². The second kappa shape index (κ2) is 6.26. The van der Waals surface area contributed by atoms with Gasteiger partial charge in [0.25, 0.3) is 5.91 Å². The molecule has 4 rings (SSSR count). The summed E-state index contributed by atoms with van der Waals surface area (Å²) in [5, 5.41) is 3.09. The predicted molar refractivity (Wildman–Crippen MR) is 90.2 cm³/mol. The minimum absolute atomic E-state index is 0.0592. The van der Waals surface area contributed by atoms with Crippen molar-refractivity contribution in [3.63, 3.8) is 0 Å². The van der Waals surface area contributed by atoms with Gasteiger partial charge in [0.15, 0.2) is 0 Å². The third-order valence-corrected chi connectivity index (χ3v) is 4.74. The summed E-state index contributed by atoms with van der Waals surface area (Å²) in [6.07, 6.45) is 7.27. The molecule has 0 aromatic carbocycles. The van der Waals surface area contributed by atoms with Gasteiger partial charge in [-0.2, -0.15) is 0 Å². The molecule has 0 bridgehead atoms. The molecule has 0 atom stereocenters. The summed E-state index contributed by atoms with van der Waals surface area (Å²) < 4.78 is 4.96. The van der Waals surface area contributed by atoms with Crippen LogP contribution in [0.5, 0.6) is 0 Å². The van der Waals surface area contributed by atoms with Crippen molar-refractivity contribution in [2.75, 3.05) is 18.0 Å². The predicted octanol–water partition coefficient (Wildman–Crippen LogP) is 2.65. The maximum atomic E-state index is 12.1. The van der Waals surface area contributed by atoms with Crippen LogP contribution in [-0.4, -0.2) is 35.0 Å². The molecule has 0 spiro atoms. The van der Waals surface area contributed by atoms with Gasteiger partial charge in [-0.05, 0) is 38.7 Å². The summed E-state index contributed by atoms with van der Waals surface area (Å²) in [7, 11) is 0. The SMILES string of the molecule is Cc1cc(N2CCC(NC(=O)c3ccoc3)CC2)nc(C2CC2)n1.